The van der Waals surface area contributed by atoms with E-state index in [1.54, 1.807) is 0 Å². The predicted octanol–water partition coefficient (Wildman–Crippen LogP) is -1.23. The van der Waals surface area contributed by atoms with Crippen LogP contribution in [0, 0.1) is 21.3 Å². The lowest BCUT2D eigenvalue weighted by Crippen LogP contribution is -2.33. The van der Waals surface area contributed by atoms with Gasteiger partial charge in [0.25, 0.3) is 0 Å². The molecule has 0 aromatic rings. The first-order valence-electron chi connectivity index (χ1n) is 1.47. The molecule has 0 aliphatic carbocycles. The van der Waals surface area contributed by atoms with Crippen LogP contribution in [0.4, 0.5) is 0 Å². The number of hydrogen-bond acceptors (Lipinski definition) is 4. The van der Waals surface area contributed by atoms with Gasteiger partial charge in [0.15, 0.2) is 0 Å². The second-order valence-electron chi connectivity index (χ2n) is 0.859. The van der Waals surface area contributed by atoms with Gasteiger partial charge < -0.3 is 0 Å². The molecule has 0 unspecified atom stereocenters. The Kier molecular flexibility index (Phi) is 1.82. The maximum atomic E-state index is 9.39. The number of rotatable bonds is 1. The lowest BCUT2D eigenvalue weighted by Gasteiger charge is -1.79. The normalized spacial score (nSPS) is 6.86. The summed E-state index contributed by atoms with van der Waals surface area (Å²) in [5.74, 6) is 1.24. The number of hydrogen-bond donors (Lipinski definition) is 1. The Morgan fingerprint density at radius 2 is 2.43 bits per heavy atom. The van der Waals surface area contributed by atoms with Crippen LogP contribution in [-0.4, -0.2) is 11.8 Å². The van der Waals surface area contributed by atoms with Gasteiger partial charge in [-0.2, -0.15) is 0 Å². The van der Waals surface area contributed by atoms with Crippen LogP contribution in [0.1, 0.15) is 0 Å². The third-order valence-corrected chi connectivity index (χ3v) is 0.359. The van der Waals surface area contributed by atoms with Gasteiger partial charge in [-0.05, 0) is 4.83 Å². The zero-order valence-corrected chi connectivity index (χ0v) is 3.37. The van der Waals surface area contributed by atoms with Crippen molar-refractivity contribution in [2.75, 3.05) is 0 Å². The number of nitriles is 1. The Hall–Kier alpha value is -1.09. The van der Waals surface area contributed by atoms with Gasteiger partial charge in [-0.15, -0.1) is 0 Å². The summed E-state index contributed by atoms with van der Waals surface area (Å²) >= 11 is 0. The smallest absolute Gasteiger partial charge is 0.291 e. The molecule has 7 heavy (non-hydrogen) atoms. The van der Waals surface area contributed by atoms with Gasteiger partial charge in [-0.1, -0.05) is 0 Å². The average molecular weight is 98.9 g/mol. The molecule has 0 aromatic heterocycles. The van der Waals surface area contributed by atoms with Crippen molar-refractivity contribution in [3.63, 3.8) is 0 Å². The second-order valence-corrected chi connectivity index (χ2v) is 0.859. The Balaban J connectivity index is 3.63. The summed E-state index contributed by atoms with van der Waals surface area (Å²) in [5, 5.41) is 17.1. The van der Waals surface area contributed by atoms with Crippen LogP contribution in [0.25, 0.3) is 0 Å². The number of nitrogens with two attached hydrogens (primary N) is 1. The Morgan fingerprint density at radius 3 is 2.43 bits per heavy atom. The molecule has 6 heteroatoms. The van der Waals surface area contributed by atoms with E-state index < -0.39 is 11.8 Å². The van der Waals surface area contributed by atoms with Crippen molar-refractivity contribution < 1.29 is 4.83 Å². The molecule has 0 saturated heterocycles. The SMILES string of the molecule is N#CB(N)[N+](=O)[O-]. The van der Waals surface area contributed by atoms with Gasteiger partial charge >= 0.3 is 6.98 Å². The van der Waals surface area contributed by atoms with Gasteiger partial charge in [0.05, 0.1) is 0 Å². The van der Waals surface area contributed by atoms with Gasteiger partial charge in [-0.25, -0.2) is 5.26 Å². The molecule has 0 fully saturated rings. The molecular weight excluding hydrogens is 96.8 g/mol. The van der Waals surface area contributed by atoms with Crippen LogP contribution >= 0.6 is 0 Å². The first-order valence-corrected chi connectivity index (χ1v) is 1.47. The Bertz CT molecular complexity index is 117. The molecule has 0 aliphatic rings. The Labute approximate surface area is 40.0 Å². The van der Waals surface area contributed by atoms with E-state index in [1.807, 2.05) is 0 Å². The van der Waals surface area contributed by atoms with Crippen molar-refractivity contribution in [1.82, 2.24) is 0 Å². The van der Waals surface area contributed by atoms with Gasteiger partial charge in [-0.3, -0.25) is 15.8 Å². The molecule has 0 saturated carbocycles. The van der Waals surface area contributed by atoms with E-state index in [0.29, 0.717) is 0 Å². The highest BCUT2D eigenvalue weighted by molar-refractivity contribution is 6.55. The van der Waals surface area contributed by atoms with Crippen molar-refractivity contribution in [1.29, 1.82) is 5.26 Å². The van der Waals surface area contributed by atoms with Crippen LogP contribution in [0.5, 0.6) is 0 Å². The van der Waals surface area contributed by atoms with Crippen molar-refractivity contribution in [3.8, 4) is 5.97 Å². The highest BCUT2D eigenvalue weighted by Gasteiger charge is 2.25. The first-order chi connectivity index (χ1) is 3.18. The fourth-order valence-corrected chi connectivity index (χ4v) is 0.0471. The molecule has 36 valence electrons. The van der Waals surface area contributed by atoms with Gasteiger partial charge in [0, 0.05) is 0 Å². The van der Waals surface area contributed by atoms with E-state index in [0.717, 1.165) is 0 Å². The lowest BCUT2D eigenvalue weighted by molar-refractivity contribution is -0.329. The maximum absolute atomic E-state index is 9.39. The fourth-order valence-electron chi connectivity index (χ4n) is 0.0471. The van der Waals surface area contributed by atoms with E-state index in [2.05, 4.69) is 5.64 Å². The summed E-state index contributed by atoms with van der Waals surface area (Å²) in [4.78, 5) is 8.53. The number of nitro groups is 1. The molecule has 0 atom stereocenters. The standard InChI is InChI=1S/CH2BN3O2/c3-1-2(4)5(6)7/h4H2. The molecule has 0 heterocycles. The van der Waals surface area contributed by atoms with Crippen LogP contribution in [0.15, 0.2) is 0 Å². The molecule has 0 radical (unpaired) electrons. The van der Waals surface area contributed by atoms with E-state index in [9.17, 15) is 10.1 Å². The molecule has 0 bridgehead atoms. The molecular formula is CH2BN3O2. The van der Waals surface area contributed by atoms with Crippen LogP contribution < -0.4 is 5.64 Å². The molecule has 0 aromatic carbocycles. The predicted molar refractivity (Wildman–Crippen MR) is 22.5 cm³/mol. The minimum atomic E-state index is -1.57. The van der Waals surface area contributed by atoms with E-state index >= 15 is 0 Å². The van der Waals surface area contributed by atoms with E-state index in [1.165, 1.54) is 5.97 Å². The molecule has 5 nitrogen and oxygen atoms in total. The van der Waals surface area contributed by atoms with Crippen molar-refractivity contribution in [2.45, 2.75) is 0 Å². The maximum Gasteiger partial charge on any atom is 0.748 e. The molecule has 0 amide bonds. The first kappa shape index (κ1) is 5.91. The van der Waals surface area contributed by atoms with Crippen LogP contribution in [0.2, 0.25) is 0 Å². The molecule has 0 spiro atoms. The summed E-state index contributed by atoms with van der Waals surface area (Å²) in [5.41, 5.74) is 4.56. The monoisotopic (exact) mass is 99.0 g/mol. The van der Waals surface area contributed by atoms with Crippen molar-refractivity contribution in [2.24, 2.45) is 5.64 Å². The lowest BCUT2D eigenvalue weighted by atomic mass is 9.84. The van der Waals surface area contributed by atoms with Crippen LogP contribution in [-0.2, 0) is 0 Å². The fraction of sp³-hybridized carbons (Fsp3) is 0. The molecule has 0 rings (SSSR count). The van der Waals surface area contributed by atoms with E-state index in [-0.39, 0.29) is 0 Å². The number of nitrogens with zero attached hydrogens (tertiary/aromatic N) is 2. The summed E-state index contributed by atoms with van der Waals surface area (Å²) in [6, 6.07) is 0. The summed E-state index contributed by atoms with van der Waals surface area (Å²) in [7, 11) is 0. The largest absolute Gasteiger partial charge is 0.748 e. The topological polar surface area (TPSA) is 93.0 Å². The highest BCUT2D eigenvalue weighted by atomic mass is 16.6. The second kappa shape index (κ2) is 2.15. The van der Waals surface area contributed by atoms with E-state index in [4.69, 9.17) is 5.26 Å². The summed E-state index contributed by atoms with van der Waals surface area (Å²) in [6.45, 7) is -1.57. The zero-order chi connectivity index (χ0) is 5.86. The minimum Gasteiger partial charge on any atom is -0.291 e. The van der Waals surface area contributed by atoms with Gasteiger partial charge in [0.2, 0.25) is 0 Å². The summed E-state index contributed by atoms with van der Waals surface area (Å²) in [6.07, 6.45) is 0. The Morgan fingerprint density at radius 1 is 2.00 bits per heavy atom. The molecule has 2 N–H and O–H groups in total. The van der Waals surface area contributed by atoms with Crippen LogP contribution in [0.3, 0.4) is 0 Å². The summed E-state index contributed by atoms with van der Waals surface area (Å²) < 4.78 is 0. The third-order valence-electron chi connectivity index (χ3n) is 0.359. The quantitative estimate of drug-likeness (QED) is 0.253. The average Bonchev–Trinajstić information content (AvgIpc) is 1.65. The molecule has 0 aliphatic heterocycles. The van der Waals surface area contributed by atoms with Crippen molar-refractivity contribution >= 4 is 6.98 Å². The zero-order valence-electron chi connectivity index (χ0n) is 3.37. The van der Waals surface area contributed by atoms with Gasteiger partial charge in [0.1, 0.15) is 5.97 Å². The van der Waals surface area contributed by atoms with Crippen molar-refractivity contribution in [3.05, 3.63) is 10.1 Å². The minimum absolute atomic E-state index is 0.861. The third kappa shape index (κ3) is 1.73. The highest BCUT2D eigenvalue weighted by Crippen LogP contribution is 1.65.